The highest BCUT2D eigenvalue weighted by Gasteiger charge is 2.23. The van der Waals surface area contributed by atoms with Crippen molar-refractivity contribution in [3.63, 3.8) is 0 Å². The monoisotopic (exact) mass is 451 g/mol. The predicted octanol–water partition coefficient (Wildman–Crippen LogP) is 4.91. The van der Waals surface area contributed by atoms with Gasteiger partial charge in [-0.05, 0) is 42.0 Å². The molecule has 0 amide bonds. The van der Waals surface area contributed by atoms with Gasteiger partial charge in [0.05, 0.1) is 29.3 Å². The Morgan fingerprint density at radius 1 is 1.19 bits per heavy atom. The van der Waals surface area contributed by atoms with Gasteiger partial charge in [-0.1, -0.05) is 36.2 Å². The molecule has 2 unspecified atom stereocenters. The van der Waals surface area contributed by atoms with Gasteiger partial charge in [0.2, 0.25) is 0 Å². The largest absolute Gasteiger partial charge is 0.493 e. The van der Waals surface area contributed by atoms with Crippen molar-refractivity contribution in [3.8, 4) is 5.75 Å². The van der Waals surface area contributed by atoms with Gasteiger partial charge in [0.25, 0.3) is 0 Å². The first-order valence-corrected chi connectivity index (χ1v) is 9.23. The maximum Gasteiger partial charge on any atom is 0.184 e. The van der Waals surface area contributed by atoms with E-state index in [0.717, 1.165) is 0 Å². The average Bonchev–Trinajstić information content (AvgIpc) is 2.67. The lowest BCUT2D eigenvalue weighted by atomic mass is 9.96. The number of hydrogen-bond donors (Lipinski definition) is 2. The van der Waals surface area contributed by atoms with E-state index in [9.17, 15) is 9.90 Å². The van der Waals surface area contributed by atoms with E-state index in [4.69, 9.17) is 45.3 Å². The van der Waals surface area contributed by atoms with E-state index in [1.807, 2.05) is 6.92 Å². The van der Waals surface area contributed by atoms with Gasteiger partial charge < -0.3 is 15.6 Å². The summed E-state index contributed by atoms with van der Waals surface area (Å²) in [5.41, 5.74) is 6.58. The van der Waals surface area contributed by atoms with Crippen molar-refractivity contribution in [2.75, 3.05) is 19.1 Å². The lowest BCUT2D eigenvalue weighted by Crippen LogP contribution is -2.31. The van der Waals surface area contributed by atoms with E-state index in [-0.39, 0.29) is 37.3 Å². The third-order valence-corrected chi connectivity index (χ3v) is 5.40. The van der Waals surface area contributed by atoms with E-state index in [1.54, 1.807) is 42.5 Å². The molecule has 0 saturated carbocycles. The molecular formula is C19H21Cl4NO3. The number of carbonyl (C=O) groups excluding carboxylic acids is 1. The lowest BCUT2D eigenvalue weighted by Gasteiger charge is -2.24. The first kappa shape index (κ1) is 24.0. The highest BCUT2D eigenvalue weighted by molar-refractivity contribution is 6.42. The Bertz CT molecular complexity index is 764. The summed E-state index contributed by atoms with van der Waals surface area (Å²) in [6, 6.07) is 10.7. The predicted molar refractivity (Wildman–Crippen MR) is 113 cm³/mol. The number of aliphatic hydroxyl groups is 1. The zero-order valence-corrected chi connectivity index (χ0v) is 17.7. The number of ketones is 1. The van der Waals surface area contributed by atoms with Gasteiger partial charge in [-0.3, -0.25) is 4.79 Å². The fourth-order valence-corrected chi connectivity index (χ4v) is 2.60. The minimum atomic E-state index is -0.842. The molecular weight excluding hydrogens is 432 g/mol. The molecule has 0 aliphatic heterocycles. The van der Waals surface area contributed by atoms with Gasteiger partial charge in [-0.15, -0.1) is 24.0 Å². The van der Waals surface area contributed by atoms with Crippen LogP contribution in [0, 0.1) is 5.41 Å². The first-order valence-electron chi connectivity index (χ1n) is 7.94. The molecule has 8 heteroatoms. The molecule has 148 valence electrons. The van der Waals surface area contributed by atoms with Crippen molar-refractivity contribution in [2.45, 2.75) is 13.0 Å². The summed E-state index contributed by atoms with van der Waals surface area (Å²) in [7, 11) is 0. The molecule has 2 aromatic rings. The Labute approximate surface area is 180 Å². The summed E-state index contributed by atoms with van der Waals surface area (Å²) in [4.78, 5) is 12.6. The van der Waals surface area contributed by atoms with Crippen LogP contribution in [0.4, 0.5) is 0 Å². The standard InChI is InChI=1S/C19H20Cl3NO3.ClH/c1-19(9-20,10-24)11-26-14-5-2-12(3-6-14)18(25)17(23)13-4-7-15(21)16(22)8-13;/h2-8,17,24H,9-11,23H2,1H3;1H. The van der Waals surface area contributed by atoms with E-state index < -0.39 is 11.5 Å². The lowest BCUT2D eigenvalue weighted by molar-refractivity contribution is 0.0960. The second-order valence-corrected chi connectivity index (χ2v) is 7.51. The van der Waals surface area contributed by atoms with Crippen molar-refractivity contribution >= 4 is 53.0 Å². The van der Waals surface area contributed by atoms with Crippen LogP contribution in [-0.2, 0) is 0 Å². The molecule has 3 N–H and O–H groups in total. The van der Waals surface area contributed by atoms with E-state index in [2.05, 4.69) is 0 Å². The van der Waals surface area contributed by atoms with Crippen LogP contribution in [0.3, 0.4) is 0 Å². The molecule has 0 spiro atoms. The number of alkyl halides is 1. The number of rotatable bonds is 8. The Balaban J connectivity index is 0.00000364. The Morgan fingerprint density at radius 3 is 2.33 bits per heavy atom. The minimum Gasteiger partial charge on any atom is -0.493 e. The quantitative estimate of drug-likeness (QED) is 0.440. The van der Waals surface area contributed by atoms with Crippen LogP contribution in [-0.4, -0.2) is 30.0 Å². The van der Waals surface area contributed by atoms with Crippen LogP contribution in [0.5, 0.6) is 5.75 Å². The molecule has 0 aliphatic rings. The summed E-state index contributed by atoms with van der Waals surface area (Å²) < 4.78 is 5.64. The topological polar surface area (TPSA) is 72.5 Å². The maximum atomic E-state index is 12.6. The first-order chi connectivity index (χ1) is 12.3. The van der Waals surface area contributed by atoms with Crippen molar-refractivity contribution in [2.24, 2.45) is 11.1 Å². The normalized spacial score (nSPS) is 14.0. The number of aliphatic hydroxyl groups excluding tert-OH is 1. The molecule has 2 rings (SSSR count). The number of benzene rings is 2. The molecule has 0 aromatic heterocycles. The zero-order chi connectivity index (χ0) is 19.3. The summed E-state index contributed by atoms with van der Waals surface area (Å²) in [6.07, 6.45) is 0. The summed E-state index contributed by atoms with van der Waals surface area (Å²) in [5.74, 6) is 0.615. The average molecular weight is 453 g/mol. The third-order valence-electron chi connectivity index (χ3n) is 4.02. The van der Waals surface area contributed by atoms with Crippen molar-refractivity contribution in [3.05, 3.63) is 63.6 Å². The van der Waals surface area contributed by atoms with Crippen molar-refractivity contribution in [1.29, 1.82) is 0 Å². The Morgan fingerprint density at radius 2 is 1.81 bits per heavy atom. The number of hydrogen-bond acceptors (Lipinski definition) is 4. The number of Topliss-reactive ketones (excluding diaryl/α,β-unsaturated/α-hetero) is 1. The van der Waals surface area contributed by atoms with Crippen LogP contribution in [0.15, 0.2) is 42.5 Å². The van der Waals surface area contributed by atoms with Crippen LogP contribution >= 0.6 is 47.2 Å². The van der Waals surface area contributed by atoms with Crippen molar-refractivity contribution in [1.82, 2.24) is 0 Å². The summed E-state index contributed by atoms with van der Waals surface area (Å²) in [5, 5.41) is 10.1. The van der Waals surface area contributed by atoms with Crippen LogP contribution in [0.2, 0.25) is 10.0 Å². The van der Waals surface area contributed by atoms with E-state index in [1.165, 1.54) is 0 Å². The molecule has 27 heavy (non-hydrogen) atoms. The third kappa shape index (κ3) is 6.24. The van der Waals surface area contributed by atoms with Crippen LogP contribution in [0.1, 0.15) is 28.9 Å². The van der Waals surface area contributed by atoms with Crippen molar-refractivity contribution < 1.29 is 14.6 Å². The molecule has 4 nitrogen and oxygen atoms in total. The van der Waals surface area contributed by atoms with E-state index in [0.29, 0.717) is 26.9 Å². The van der Waals surface area contributed by atoms with Gasteiger partial charge >= 0.3 is 0 Å². The molecule has 2 atom stereocenters. The molecule has 0 radical (unpaired) electrons. The minimum absolute atomic E-state index is 0. The number of ether oxygens (including phenoxy) is 1. The Kier molecular flexibility index (Phi) is 9.35. The van der Waals surface area contributed by atoms with Gasteiger partial charge in [0.1, 0.15) is 5.75 Å². The molecule has 0 aliphatic carbocycles. The van der Waals surface area contributed by atoms with Gasteiger partial charge in [0.15, 0.2) is 5.78 Å². The highest BCUT2D eigenvalue weighted by atomic mass is 35.5. The SMILES string of the molecule is CC(CO)(CCl)COc1ccc(C(=O)C(N)c2ccc(Cl)c(Cl)c2)cc1.Cl. The Hall–Kier alpha value is -1.01. The fraction of sp³-hybridized carbons (Fsp3) is 0.316. The number of halogens is 4. The number of nitrogens with two attached hydrogens (primary N) is 1. The highest BCUT2D eigenvalue weighted by Crippen LogP contribution is 2.27. The molecule has 0 bridgehead atoms. The zero-order valence-electron chi connectivity index (χ0n) is 14.6. The second-order valence-electron chi connectivity index (χ2n) is 6.43. The number of carbonyl (C=O) groups is 1. The molecule has 0 fully saturated rings. The summed E-state index contributed by atoms with van der Waals surface area (Å²) in [6.45, 7) is 2.02. The fourth-order valence-electron chi connectivity index (χ4n) is 2.14. The molecule has 0 heterocycles. The van der Waals surface area contributed by atoms with Crippen LogP contribution in [0.25, 0.3) is 0 Å². The molecule has 0 saturated heterocycles. The van der Waals surface area contributed by atoms with Gasteiger partial charge in [-0.25, -0.2) is 0 Å². The van der Waals surface area contributed by atoms with Gasteiger partial charge in [-0.2, -0.15) is 0 Å². The second kappa shape index (κ2) is 10.5. The van der Waals surface area contributed by atoms with Crippen LogP contribution < -0.4 is 10.5 Å². The van der Waals surface area contributed by atoms with Gasteiger partial charge in [0, 0.05) is 16.9 Å². The summed E-state index contributed by atoms with van der Waals surface area (Å²) >= 11 is 17.7. The molecule has 2 aromatic carbocycles. The smallest absolute Gasteiger partial charge is 0.184 e. The van der Waals surface area contributed by atoms with E-state index >= 15 is 0 Å². The maximum absolute atomic E-state index is 12.6.